The van der Waals surface area contributed by atoms with Gasteiger partial charge in [0.25, 0.3) is 0 Å². The largest absolute Gasteiger partial charge is 0.124 e. The number of hydrogen-bond donors (Lipinski definition) is 0. The summed E-state index contributed by atoms with van der Waals surface area (Å²) < 4.78 is 5.82. The lowest BCUT2D eigenvalue weighted by Crippen LogP contribution is -1.73. The van der Waals surface area contributed by atoms with Crippen LogP contribution >= 0.6 is 45.3 Å². The lowest BCUT2D eigenvalue weighted by molar-refractivity contribution is 1.48. The highest BCUT2D eigenvalue weighted by molar-refractivity contribution is 7.50. The van der Waals surface area contributed by atoms with Gasteiger partial charge in [-0.2, -0.15) is 0 Å². The SMILES string of the molecule is Cc1ccc(-c2cc3c(s2)sc2c4cc(-c5ccc(C)cc5)sc4sc32)cc1. The maximum Gasteiger partial charge on any atom is 0.0892 e. The average Bonchev–Trinajstić information content (AvgIpc) is 3.41. The summed E-state index contributed by atoms with van der Waals surface area (Å²) in [6, 6.07) is 22.5. The van der Waals surface area contributed by atoms with E-state index in [-0.39, 0.29) is 0 Å². The highest BCUT2D eigenvalue weighted by Gasteiger charge is 2.17. The predicted octanol–water partition coefficient (Wildman–Crippen LogP) is 9.34. The van der Waals surface area contributed by atoms with Crippen LogP contribution in [0.1, 0.15) is 11.1 Å². The third-order valence-electron chi connectivity index (χ3n) is 5.15. The van der Waals surface area contributed by atoms with Crippen LogP contribution in [0, 0.1) is 13.8 Å². The number of aryl methyl sites for hydroxylation is 2. The molecule has 4 heterocycles. The number of thiophene rings is 4. The van der Waals surface area contributed by atoms with Crippen LogP contribution in [-0.2, 0) is 0 Å². The second kappa shape index (κ2) is 6.26. The molecule has 0 nitrogen and oxygen atoms in total. The van der Waals surface area contributed by atoms with Crippen LogP contribution in [0.25, 0.3) is 49.1 Å². The Balaban J connectivity index is 1.48. The van der Waals surface area contributed by atoms with E-state index >= 15 is 0 Å². The van der Waals surface area contributed by atoms with E-state index in [1.165, 1.54) is 60.2 Å². The molecule has 6 aromatic rings. The van der Waals surface area contributed by atoms with E-state index in [2.05, 4.69) is 74.5 Å². The molecule has 0 saturated carbocycles. The fraction of sp³-hybridized carbons (Fsp3) is 0.0833. The van der Waals surface area contributed by atoms with Gasteiger partial charge in [0, 0.05) is 20.5 Å². The standard InChI is InChI=1S/C24H16S4/c1-13-3-7-15(8-4-13)19-11-17-21-22(27-23(17)25-19)18-12-20(26-24(18)28-21)16-9-5-14(2)6-10-16/h3-12H,1-2H3. The van der Waals surface area contributed by atoms with Gasteiger partial charge in [-0.1, -0.05) is 59.7 Å². The Kier molecular flexibility index (Phi) is 3.78. The van der Waals surface area contributed by atoms with Gasteiger partial charge >= 0.3 is 0 Å². The highest BCUT2D eigenvalue weighted by atomic mass is 32.2. The van der Waals surface area contributed by atoms with E-state index in [9.17, 15) is 0 Å². The topological polar surface area (TPSA) is 0 Å². The van der Waals surface area contributed by atoms with Crippen molar-refractivity contribution in [3.05, 3.63) is 71.8 Å². The summed E-state index contributed by atoms with van der Waals surface area (Å²) >= 11 is 7.78. The molecule has 0 spiro atoms. The molecule has 0 atom stereocenters. The first-order valence-electron chi connectivity index (χ1n) is 9.18. The van der Waals surface area contributed by atoms with Gasteiger partial charge in [-0.15, -0.1) is 45.3 Å². The van der Waals surface area contributed by atoms with Crippen molar-refractivity contribution in [2.75, 3.05) is 0 Å². The third kappa shape index (κ3) is 2.60. The predicted molar refractivity (Wildman–Crippen MR) is 131 cm³/mol. The highest BCUT2D eigenvalue weighted by Crippen LogP contribution is 2.51. The van der Waals surface area contributed by atoms with Crippen LogP contribution in [-0.4, -0.2) is 0 Å². The quantitative estimate of drug-likeness (QED) is 0.256. The molecule has 136 valence electrons. The monoisotopic (exact) mass is 432 g/mol. The first-order valence-corrected chi connectivity index (χ1v) is 12.4. The van der Waals surface area contributed by atoms with Crippen molar-refractivity contribution in [3.63, 3.8) is 0 Å². The Morgan fingerprint density at radius 1 is 0.500 bits per heavy atom. The van der Waals surface area contributed by atoms with Crippen molar-refractivity contribution in [2.45, 2.75) is 13.8 Å². The fourth-order valence-electron chi connectivity index (χ4n) is 3.57. The van der Waals surface area contributed by atoms with Crippen molar-refractivity contribution in [1.29, 1.82) is 0 Å². The van der Waals surface area contributed by atoms with Crippen LogP contribution in [0.2, 0.25) is 0 Å². The Labute approximate surface area is 179 Å². The van der Waals surface area contributed by atoms with Gasteiger partial charge in [-0.3, -0.25) is 0 Å². The van der Waals surface area contributed by atoms with E-state index < -0.39 is 0 Å². The Morgan fingerprint density at radius 3 is 1.29 bits per heavy atom. The minimum atomic E-state index is 1.31. The number of benzene rings is 2. The van der Waals surface area contributed by atoms with Crippen molar-refractivity contribution in [2.24, 2.45) is 0 Å². The summed E-state index contributed by atoms with van der Waals surface area (Å²) in [6.07, 6.45) is 0. The molecule has 2 aromatic carbocycles. The van der Waals surface area contributed by atoms with Crippen LogP contribution in [0.5, 0.6) is 0 Å². The molecule has 4 aromatic heterocycles. The number of fused-ring (bicyclic) bond motifs is 5. The summed E-state index contributed by atoms with van der Waals surface area (Å²) in [5.41, 5.74) is 5.28. The molecule has 0 aliphatic heterocycles. The summed E-state index contributed by atoms with van der Waals surface area (Å²) in [6.45, 7) is 4.28. The zero-order valence-corrected chi connectivity index (χ0v) is 18.7. The van der Waals surface area contributed by atoms with E-state index in [1.807, 2.05) is 45.3 Å². The maximum atomic E-state index is 2.39. The molecule has 0 bridgehead atoms. The van der Waals surface area contributed by atoms with Crippen molar-refractivity contribution in [3.8, 4) is 20.9 Å². The lowest BCUT2D eigenvalue weighted by atomic mass is 10.1. The van der Waals surface area contributed by atoms with E-state index in [1.54, 1.807) is 0 Å². The molecule has 0 amide bonds. The summed E-state index contributed by atoms with van der Waals surface area (Å²) in [5, 5.41) is 2.87. The van der Waals surface area contributed by atoms with Gasteiger partial charge in [0.1, 0.15) is 0 Å². The molecule has 0 N–H and O–H groups in total. The first-order chi connectivity index (χ1) is 13.7. The Hall–Kier alpha value is -1.98. The zero-order valence-electron chi connectivity index (χ0n) is 15.4. The number of rotatable bonds is 2. The van der Waals surface area contributed by atoms with Gasteiger partial charge in [-0.05, 0) is 37.1 Å². The third-order valence-corrected chi connectivity index (χ3v) is 10.3. The van der Waals surface area contributed by atoms with Gasteiger partial charge in [-0.25, -0.2) is 0 Å². The van der Waals surface area contributed by atoms with Crippen LogP contribution in [0.3, 0.4) is 0 Å². The van der Waals surface area contributed by atoms with Crippen molar-refractivity contribution >= 4 is 73.5 Å². The smallest absolute Gasteiger partial charge is 0.0892 e. The number of hydrogen-bond acceptors (Lipinski definition) is 4. The average molecular weight is 433 g/mol. The first kappa shape index (κ1) is 16.9. The molecule has 0 saturated heterocycles. The van der Waals surface area contributed by atoms with Gasteiger partial charge in [0.15, 0.2) is 0 Å². The minimum absolute atomic E-state index is 1.31. The van der Waals surface area contributed by atoms with E-state index in [0.717, 1.165) is 0 Å². The second-order valence-corrected chi connectivity index (χ2v) is 11.9. The van der Waals surface area contributed by atoms with Crippen LogP contribution in [0.4, 0.5) is 0 Å². The fourth-order valence-corrected chi connectivity index (χ4v) is 9.11. The second-order valence-electron chi connectivity index (χ2n) is 7.22. The van der Waals surface area contributed by atoms with E-state index in [0.29, 0.717) is 0 Å². The van der Waals surface area contributed by atoms with E-state index in [4.69, 9.17) is 0 Å². The zero-order chi connectivity index (χ0) is 18.8. The molecular formula is C24H16S4. The van der Waals surface area contributed by atoms with Gasteiger partial charge < -0.3 is 0 Å². The van der Waals surface area contributed by atoms with Crippen molar-refractivity contribution < 1.29 is 0 Å². The molecule has 0 radical (unpaired) electrons. The molecule has 0 aliphatic carbocycles. The Morgan fingerprint density at radius 2 is 0.893 bits per heavy atom. The molecule has 0 aliphatic rings. The van der Waals surface area contributed by atoms with Crippen molar-refractivity contribution in [1.82, 2.24) is 0 Å². The summed E-state index contributed by atoms with van der Waals surface area (Å²) in [5.74, 6) is 0. The molecule has 0 fully saturated rings. The van der Waals surface area contributed by atoms with Crippen LogP contribution in [0.15, 0.2) is 60.7 Å². The molecule has 4 heteroatoms. The summed E-state index contributed by atoms with van der Waals surface area (Å²) in [4.78, 5) is 2.75. The van der Waals surface area contributed by atoms with Gasteiger partial charge in [0.2, 0.25) is 0 Å². The Bertz CT molecular complexity index is 1340. The maximum absolute atomic E-state index is 2.39. The molecule has 28 heavy (non-hydrogen) atoms. The molecule has 6 rings (SSSR count). The summed E-state index contributed by atoms with van der Waals surface area (Å²) in [7, 11) is 0. The lowest BCUT2D eigenvalue weighted by Gasteiger charge is -1.97. The minimum Gasteiger partial charge on any atom is -0.124 e. The molecular weight excluding hydrogens is 417 g/mol. The van der Waals surface area contributed by atoms with Crippen LogP contribution < -0.4 is 0 Å². The normalized spacial score (nSPS) is 11.9. The van der Waals surface area contributed by atoms with Gasteiger partial charge in [0.05, 0.1) is 17.4 Å². The molecule has 0 unspecified atom stereocenters.